The first-order valence-electron chi connectivity index (χ1n) is 16.9. The van der Waals surface area contributed by atoms with E-state index in [1.807, 2.05) is 0 Å². The third-order valence-electron chi connectivity index (χ3n) is 7.27. The summed E-state index contributed by atoms with van der Waals surface area (Å²) in [6.45, 7) is 8.12. The molecule has 0 heterocycles. The fraction of sp³-hybridized carbons (Fsp3) is 0.912. The lowest BCUT2D eigenvalue weighted by molar-refractivity contribution is -0.142. The number of esters is 1. The monoisotopic (exact) mass is 570 g/mol. The van der Waals surface area contributed by atoms with Crippen molar-refractivity contribution in [3.63, 3.8) is 0 Å². The van der Waals surface area contributed by atoms with Crippen molar-refractivity contribution in [1.82, 2.24) is 5.32 Å². The van der Waals surface area contributed by atoms with Gasteiger partial charge in [0.2, 0.25) is 5.91 Å². The normalized spacial score (nSPS) is 11.4. The molecule has 0 bridgehead atoms. The number of carboxylic acid groups (broad SMARTS) is 1. The SMILES string of the molecule is CC(=O)O.CCCCCCCCCCCCCCCCCCCCCCCNC(=O)CCC[C@H](C)COC(C)=O. The van der Waals surface area contributed by atoms with E-state index in [0.717, 1.165) is 32.7 Å². The Balaban J connectivity index is 0. The number of amides is 1. The molecule has 0 spiro atoms. The van der Waals surface area contributed by atoms with E-state index in [1.165, 1.54) is 135 Å². The number of carboxylic acids is 1. The van der Waals surface area contributed by atoms with Crippen LogP contribution in [-0.4, -0.2) is 36.1 Å². The number of ether oxygens (including phenoxy) is 1. The molecule has 0 aromatic heterocycles. The van der Waals surface area contributed by atoms with Crippen LogP contribution in [-0.2, 0) is 19.1 Å². The predicted octanol–water partition coefficient (Wildman–Crippen LogP) is 9.77. The van der Waals surface area contributed by atoms with Crippen molar-refractivity contribution in [1.29, 1.82) is 0 Å². The third-order valence-corrected chi connectivity index (χ3v) is 7.27. The lowest BCUT2D eigenvalue weighted by Gasteiger charge is -2.11. The number of unbranched alkanes of at least 4 members (excludes halogenated alkanes) is 20. The highest BCUT2D eigenvalue weighted by molar-refractivity contribution is 5.75. The molecule has 0 saturated carbocycles. The molecule has 0 saturated heterocycles. The van der Waals surface area contributed by atoms with Gasteiger partial charge in [-0.05, 0) is 25.2 Å². The lowest BCUT2D eigenvalue weighted by Crippen LogP contribution is -2.24. The van der Waals surface area contributed by atoms with Crippen LogP contribution in [0.5, 0.6) is 0 Å². The minimum atomic E-state index is -0.833. The average Bonchev–Trinajstić information content (AvgIpc) is 2.90. The quantitative estimate of drug-likeness (QED) is 0.0722. The van der Waals surface area contributed by atoms with Gasteiger partial charge in [0.15, 0.2) is 0 Å². The highest BCUT2D eigenvalue weighted by Crippen LogP contribution is 2.15. The minimum absolute atomic E-state index is 0.155. The molecule has 1 amide bonds. The van der Waals surface area contributed by atoms with Crippen molar-refractivity contribution in [2.24, 2.45) is 5.92 Å². The van der Waals surface area contributed by atoms with Crippen molar-refractivity contribution in [3.05, 3.63) is 0 Å². The summed E-state index contributed by atoms with van der Waals surface area (Å²) in [5.74, 6) is -0.594. The highest BCUT2D eigenvalue weighted by atomic mass is 16.5. The Bertz CT molecular complexity index is 563. The van der Waals surface area contributed by atoms with Gasteiger partial charge < -0.3 is 15.2 Å². The molecule has 0 rings (SSSR count). The predicted molar refractivity (Wildman–Crippen MR) is 169 cm³/mol. The zero-order chi connectivity index (χ0) is 30.1. The van der Waals surface area contributed by atoms with E-state index < -0.39 is 5.97 Å². The molecule has 40 heavy (non-hydrogen) atoms. The summed E-state index contributed by atoms with van der Waals surface area (Å²) in [5, 5.41) is 10.5. The van der Waals surface area contributed by atoms with Crippen LogP contribution < -0.4 is 5.32 Å². The Morgan fingerprint density at radius 3 is 1.32 bits per heavy atom. The maximum absolute atomic E-state index is 11.9. The van der Waals surface area contributed by atoms with E-state index in [-0.39, 0.29) is 11.9 Å². The van der Waals surface area contributed by atoms with Gasteiger partial charge in [0.05, 0.1) is 6.61 Å². The van der Waals surface area contributed by atoms with E-state index in [1.54, 1.807) is 0 Å². The van der Waals surface area contributed by atoms with E-state index in [0.29, 0.717) is 18.9 Å². The smallest absolute Gasteiger partial charge is 0.302 e. The molecule has 0 aromatic carbocycles. The Hall–Kier alpha value is -1.59. The van der Waals surface area contributed by atoms with E-state index in [9.17, 15) is 9.59 Å². The summed E-state index contributed by atoms with van der Waals surface area (Å²) in [6.07, 6.45) is 31.6. The number of hydrogen-bond donors (Lipinski definition) is 2. The second kappa shape index (κ2) is 33.6. The minimum Gasteiger partial charge on any atom is -0.481 e. The molecule has 0 radical (unpaired) electrons. The van der Waals surface area contributed by atoms with Crippen LogP contribution in [0.15, 0.2) is 0 Å². The molecule has 1 atom stereocenters. The zero-order valence-electron chi connectivity index (χ0n) is 27.0. The lowest BCUT2D eigenvalue weighted by atomic mass is 10.0. The van der Waals surface area contributed by atoms with Crippen LogP contribution in [0, 0.1) is 5.92 Å². The fourth-order valence-corrected chi connectivity index (χ4v) is 4.83. The van der Waals surface area contributed by atoms with Gasteiger partial charge in [-0.3, -0.25) is 14.4 Å². The molecule has 0 aliphatic heterocycles. The maximum atomic E-state index is 11.9. The van der Waals surface area contributed by atoms with Crippen LogP contribution in [0.25, 0.3) is 0 Å². The maximum Gasteiger partial charge on any atom is 0.302 e. The van der Waals surface area contributed by atoms with Crippen molar-refractivity contribution in [2.45, 2.75) is 182 Å². The molecule has 0 aliphatic carbocycles. The summed E-state index contributed by atoms with van der Waals surface area (Å²) in [6, 6.07) is 0. The van der Waals surface area contributed by atoms with Crippen molar-refractivity contribution >= 4 is 17.8 Å². The number of carbonyl (C=O) groups excluding carboxylic acids is 2. The fourth-order valence-electron chi connectivity index (χ4n) is 4.83. The first-order chi connectivity index (χ1) is 19.3. The molecule has 0 aliphatic rings. The standard InChI is InChI=1S/C32H63NO3.C2H4O2/c1-4-5-6-7-8-9-10-11-12-13-14-15-16-17-18-19-20-21-22-23-24-28-33-32(35)27-25-26-30(2)29-36-31(3)34;1-2(3)4/h30H,4-29H2,1-3H3,(H,33,35);1H3,(H,3,4)/t30-;/m0./s1. The van der Waals surface area contributed by atoms with Gasteiger partial charge in [-0.25, -0.2) is 0 Å². The van der Waals surface area contributed by atoms with Gasteiger partial charge in [-0.1, -0.05) is 142 Å². The van der Waals surface area contributed by atoms with Crippen molar-refractivity contribution in [2.75, 3.05) is 13.2 Å². The first-order valence-corrected chi connectivity index (χ1v) is 16.9. The van der Waals surface area contributed by atoms with E-state index in [4.69, 9.17) is 14.6 Å². The number of rotatable bonds is 28. The number of carbonyl (C=O) groups is 3. The number of hydrogen-bond acceptors (Lipinski definition) is 4. The highest BCUT2D eigenvalue weighted by Gasteiger charge is 2.06. The van der Waals surface area contributed by atoms with Gasteiger partial charge in [-0.15, -0.1) is 0 Å². The number of aliphatic carboxylic acids is 1. The summed E-state index contributed by atoms with van der Waals surface area (Å²) in [5.41, 5.74) is 0. The average molecular weight is 570 g/mol. The molecule has 6 heteroatoms. The number of nitrogens with one attached hydrogen (secondary N) is 1. The Morgan fingerprint density at radius 2 is 0.975 bits per heavy atom. The summed E-state index contributed by atoms with van der Waals surface area (Å²) >= 11 is 0. The van der Waals surface area contributed by atoms with Gasteiger partial charge in [0.25, 0.3) is 5.97 Å². The Morgan fingerprint density at radius 1 is 0.625 bits per heavy atom. The third kappa shape index (κ3) is 40.9. The first kappa shape index (κ1) is 40.5. The van der Waals surface area contributed by atoms with Gasteiger partial charge >= 0.3 is 5.97 Å². The van der Waals surface area contributed by atoms with Crippen molar-refractivity contribution in [3.8, 4) is 0 Å². The largest absolute Gasteiger partial charge is 0.481 e. The molecule has 6 nitrogen and oxygen atoms in total. The van der Waals surface area contributed by atoms with Gasteiger partial charge in [-0.2, -0.15) is 0 Å². The van der Waals surface area contributed by atoms with Crippen LogP contribution >= 0.6 is 0 Å². The second-order valence-corrected chi connectivity index (χ2v) is 11.7. The molecule has 0 fully saturated rings. The van der Waals surface area contributed by atoms with Gasteiger partial charge in [0.1, 0.15) is 0 Å². The van der Waals surface area contributed by atoms with E-state index >= 15 is 0 Å². The summed E-state index contributed by atoms with van der Waals surface area (Å²) in [7, 11) is 0. The molecule has 238 valence electrons. The Kier molecular flexibility index (Phi) is 34.1. The van der Waals surface area contributed by atoms with Crippen LogP contribution in [0.1, 0.15) is 182 Å². The molecule has 0 aromatic rings. The molecular weight excluding hydrogens is 502 g/mol. The molecule has 0 unspecified atom stereocenters. The van der Waals surface area contributed by atoms with Crippen molar-refractivity contribution < 1.29 is 24.2 Å². The van der Waals surface area contributed by atoms with E-state index in [2.05, 4.69) is 19.2 Å². The zero-order valence-corrected chi connectivity index (χ0v) is 27.0. The summed E-state index contributed by atoms with van der Waals surface area (Å²) in [4.78, 5) is 31.7. The van der Waals surface area contributed by atoms with Gasteiger partial charge in [0, 0.05) is 26.8 Å². The van der Waals surface area contributed by atoms with Crippen LogP contribution in [0.2, 0.25) is 0 Å². The molecular formula is C34H67NO5. The molecule has 2 N–H and O–H groups in total. The second-order valence-electron chi connectivity index (χ2n) is 11.7. The Labute approximate surface area is 248 Å². The topological polar surface area (TPSA) is 92.7 Å². The summed E-state index contributed by atoms with van der Waals surface area (Å²) < 4.78 is 5.00. The van der Waals surface area contributed by atoms with Crippen LogP contribution in [0.4, 0.5) is 0 Å². The van der Waals surface area contributed by atoms with Crippen LogP contribution in [0.3, 0.4) is 0 Å².